The van der Waals surface area contributed by atoms with Crippen molar-refractivity contribution in [2.24, 2.45) is 0 Å². The number of aromatic amines is 3. The van der Waals surface area contributed by atoms with Gasteiger partial charge in [0.1, 0.15) is 5.69 Å². The van der Waals surface area contributed by atoms with Crippen LogP contribution in [-0.4, -0.2) is 35.3 Å². The van der Waals surface area contributed by atoms with Crippen molar-refractivity contribution < 1.29 is 4.42 Å². The Labute approximate surface area is 157 Å². The molecule has 3 N–H and O–H groups in total. The van der Waals surface area contributed by atoms with Crippen LogP contribution in [0.1, 0.15) is 0 Å². The normalized spacial score (nSPS) is 11.6. The Morgan fingerprint density at radius 3 is 2.75 bits per heavy atom. The van der Waals surface area contributed by atoms with Crippen molar-refractivity contribution in [1.82, 2.24) is 35.3 Å². The molecular formula is C20H13N7O. The molecule has 0 fully saturated rings. The average Bonchev–Trinajstić information content (AvgIpc) is 3.53. The molecule has 6 aromatic heterocycles. The van der Waals surface area contributed by atoms with Crippen molar-refractivity contribution in [3.63, 3.8) is 0 Å². The van der Waals surface area contributed by atoms with Gasteiger partial charge < -0.3 is 9.40 Å². The number of pyridine rings is 2. The lowest BCUT2D eigenvalue weighted by Gasteiger charge is -1.98. The predicted octanol–water partition coefficient (Wildman–Crippen LogP) is 4.15. The standard InChI is InChI=1S/C20H13N7O/c1-3-21-18(11-2-4-28-10-11)14-6-17(25-16(1)14)19-15-5-12(13-8-23-24-9-13)7-22-20(15)27-26-19/h1-10,25H,(H,23,24)(H,22,26,27). The summed E-state index contributed by atoms with van der Waals surface area (Å²) in [5.41, 5.74) is 7.17. The van der Waals surface area contributed by atoms with Crippen LogP contribution >= 0.6 is 0 Å². The Bertz CT molecular complexity index is 1410. The summed E-state index contributed by atoms with van der Waals surface area (Å²) in [5, 5.41) is 16.3. The van der Waals surface area contributed by atoms with Crippen molar-refractivity contribution in [2.75, 3.05) is 0 Å². The quantitative estimate of drug-likeness (QED) is 0.435. The van der Waals surface area contributed by atoms with Crippen molar-refractivity contribution in [3.05, 3.63) is 61.6 Å². The minimum Gasteiger partial charge on any atom is -0.472 e. The summed E-state index contributed by atoms with van der Waals surface area (Å²) in [6.45, 7) is 0. The van der Waals surface area contributed by atoms with Crippen molar-refractivity contribution >= 4 is 21.9 Å². The summed E-state index contributed by atoms with van der Waals surface area (Å²) in [6.07, 6.45) is 10.5. The molecule has 0 atom stereocenters. The third kappa shape index (κ3) is 2.18. The second-order valence-electron chi connectivity index (χ2n) is 6.50. The molecule has 0 aliphatic heterocycles. The maximum atomic E-state index is 5.22. The van der Waals surface area contributed by atoms with Gasteiger partial charge in [0.05, 0.1) is 30.1 Å². The van der Waals surface area contributed by atoms with E-state index in [2.05, 4.69) is 47.5 Å². The smallest absolute Gasteiger partial charge is 0.155 e. The molecule has 0 spiro atoms. The molecule has 8 nitrogen and oxygen atoms in total. The molecule has 6 aromatic rings. The molecule has 6 heterocycles. The van der Waals surface area contributed by atoms with E-state index in [0.29, 0.717) is 0 Å². The van der Waals surface area contributed by atoms with E-state index in [1.54, 1.807) is 31.1 Å². The molecule has 0 aliphatic carbocycles. The van der Waals surface area contributed by atoms with Gasteiger partial charge in [0, 0.05) is 51.6 Å². The number of furan rings is 1. The number of hydrogen-bond donors (Lipinski definition) is 3. The first-order chi connectivity index (χ1) is 13.9. The Kier molecular flexibility index (Phi) is 3.01. The van der Waals surface area contributed by atoms with Crippen LogP contribution in [0.5, 0.6) is 0 Å². The van der Waals surface area contributed by atoms with Crippen LogP contribution < -0.4 is 0 Å². The summed E-state index contributed by atoms with van der Waals surface area (Å²) < 4.78 is 5.22. The lowest BCUT2D eigenvalue weighted by molar-refractivity contribution is 0.568. The number of aromatic nitrogens is 7. The molecule has 0 saturated carbocycles. The molecule has 28 heavy (non-hydrogen) atoms. The Balaban J connectivity index is 1.55. The van der Waals surface area contributed by atoms with Gasteiger partial charge in [0.2, 0.25) is 0 Å². The molecule has 0 unspecified atom stereocenters. The van der Waals surface area contributed by atoms with E-state index in [1.807, 2.05) is 18.3 Å². The van der Waals surface area contributed by atoms with Crippen LogP contribution in [0.2, 0.25) is 0 Å². The first kappa shape index (κ1) is 14.9. The SMILES string of the molecule is c1cc2[nH]c(-c3n[nH]c4ncc(-c5cn[nH]c5)cc34)cc2c(-c2ccoc2)n1. The summed E-state index contributed by atoms with van der Waals surface area (Å²) >= 11 is 0. The topological polar surface area (TPSA) is 112 Å². The molecule has 134 valence electrons. The second kappa shape index (κ2) is 5.65. The van der Waals surface area contributed by atoms with Crippen molar-refractivity contribution in [3.8, 4) is 33.8 Å². The first-order valence-corrected chi connectivity index (χ1v) is 8.71. The van der Waals surface area contributed by atoms with Crippen LogP contribution in [0, 0.1) is 0 Å². The highest BCUT2D eigenvalue weighted by molar-refractivity contribution is 5.99. The van der Waals surface area contributed by atoms with Gasteiger partial charge in [0.15, 0.2) is 5.65 Å². The van der Waals surface area contributed by atoms with E-state index in [-0.39, 0.29) is 0 Å². The number of rotatable bonds is 3. The maximum Gasteiger partial charge on any atom is 0.155 e. The van der Waals surface area contributed by atoms with Gasteiger partial charge >= 0.3 is 0 Å². The van der Waals surface area contributed by atoms with Gasteiger partial charge in [-0.05, 0) is 24.3 Å². The van der Waals surface area contributed by atoms with Crippen LogP contribution in [0.25, 0.3) is 55.7 Å². The van der Waals surface area contributed by atoms with E-state index < -0.39 is 0 Å². The van der Waals surface area contributed by atoms with Crippen LogP contribution in [0.3, 0.4) is 0 Å². The number of nitrogens with zero attached hydrogens (tertiary/aromatic N) is 4. The summed E-state index contributed by atoms with van der Waals surface area (Å²) in [7, 11) is 0. The third-order valence-electron chi connectivity index (χ3n) is 4.85. The number of hydrogen-bond acceptors (Lipinski definition) is 5. The summed E-state index contributed by atoms with van der Waals surface area (Å²) in [5.74, 6) is 0. The average molecular weight is 367 g/mol. The van der Waals surface area contributed by atoms with E-state index in [1.165, 1.54) is 0 Å². The molecule has 0 saturated heterocycles. The molecule has 0 aliphatic rings. The third-order valence-corrected chi connectivity index (χ3v) is 4.85. The fourth-order valence-electron chi connectivity index (χ4n) is 3.49. The van der Waals surface area contributed by atoms with Crippen molar-refractivity contribution in [1.29, 1.82) is 0 Å². The molecular weight excluding hydrogens is 354 g/mol. The fraction of sp³-hybridized carbons (Fsp3) is 0. The van der Waals surface area contributed by atoms with Gasteiger partial charge in [-0.15, -0.1) is 0 Å². The highest BCUT2D eigenvalue weighted by Gasteiger charge is 2.15. The van der Waals surface area contributed by atoms with Crippen LogP contribution in [0.4, 0.5) is 0 Å². The minimum absolute atomic E-state index is 0.731. The van der Waals surface area contributed by atoms with E-state index in [4.69, 9.17) is 4.42 Å². The van der Waals surface area contributed by atoms with Gasteiger partial charge in [-0.25, -0.2) is 4.98 Å². The Hall–Kier alpha value is -4.20. The van der Waals surface area contributed by atoms with Crippen LogP contribution in [0.15, 0.2) is 66.0 Å². The number of nitrogens with one attached hydrogen (secondary N) is 3. The number of H-pyrrole nitrogens is 3. The Morgan fingerprint density at radius 1 is 0.893 bits per heavy atom. The highest BCUT2D eigenvalue weighted by Crippen LogP contribution is 2.33. The fourth-order valence-corrected chi connectivity index (χ4v) is 3.49. The zero-order valence-corrected chi connectivity index (χ0v) is 14.5. The zero-order valence-electron chi connectivity index (χ0n) is 14.5. The summed E-state index contributed by atoms with van der Waals surface area (Å²) in [4.78, 5) is 12.5. The lowest BCUT2D eigenvalue weighted by Crippen LogP contribution is -1.81. The Morgan fingerprint density at radius 2 is 1.89 bits per heavy atom. The van der Waals surface area contributed by atoms with E-state index in [9.17, 15) is 0 Å². The van der Waals surface area contributed by atoms with Gasteiger partial charge in [-0.1, -0.05) is 0 Å². The molecule has 0 radical (unpaired) electrons. The van der Waals surface area contributed by atoms with Gasteiger partial charge in [-0.3, -0.25) is 15.2 Å². The molecule has 0 amide bonds. The van der Waals surface area contributed by atoms with Gasteiger partial charge in [0.25, 0.3) is 0 Å². The van der Waals surface area contributed by atoms with Crippen LogP contribution in [-0.2, 0) is 0 Å². The lowest BCUT2D eigenvalue weighted by atomic mass is 10.1. The maximum absolute atomic E-state index is 5.22. The van der Waals surface area contributed by atoms with E-state index in [0.717, 1.165) is 55.7 Å². The first-order valence-electron chi connectivity index (χ1n) is 8.71. The van der Waals surface area contributed by atoms with Crippen molar-refractivity contribution in [2.45, 2.75) is 0 Å². The van der Waals surface area contributed by atoms with Gasteiger partial charge in [-0.2, -0.15) is 10.2 Å². The van der Waals surface area contributed by atoms with E-state index >= 15 is 0 Å². The largest absolute Gasteiger partial charge is 0.472 e. The molecule has 0 aromatic carbocycles. The predicted molar refractivity (Wildman–Crippen MR) is 104 cm³/mol. The zero-order chi connectivity index (χ0) is 18.5. The highest BCUT2D eigenvalue weighted by atomic mass is 16.3. The minimum atomic E-state index is 0.731. The summed E-state index contributed by atoms with van der Waals surface area (Å²) in [6, 6.07) is 7.98. The monoisotopic (exact) mass is 367 g/mol. The molecule has 0 bridgehead atoms. The molecule has 6 rings (SSSR count). The second-order valence-corrected chi connectivity index (χ2v) is 6.50. The molecule has 8 heteroatoms. The number of fused-ring (bicyclic) bond motifs is 2.